The van der Waals surface area contributed by atoms with E-state index >= 15 is 0 Å². The van der Waals surface area contributed by atoms with Gasteiger partial charge in [-0.2, -0.15) is 0 Å². The molecule has 0 aliphatic carbocycles. The normalized spacial score (nSPS) is 11.0. The first-order valence-corrected chi connectivity index (χ1v) is 4.48. The van der Waals surface area contributed by atoms with Crippen molar-refractivity contribution in [3.63, 3.8) is 0 Å². The highest BCUT2D eigenvalue weighted by Gasteiger charge is 2.05. The molecule has 0 aromatic heterocycles. The van der Waals surface area contributed by atoms with Gasteiger partial charge in [-0.1, -0.05) is 17.7 Å². The van der Waals surface area contributed by atoms with E-state index < -0.39 is 0 Å². The second kappa shape index (κ2) is 4.95. The van der Waals surface area contributed by atoms with Crippen molar-refractivity contribution < 1.29 is 14.9 Å². The van der Waals surface area contributed by atoms with Crippen LogP contribution in [0.3, 0.4) is 0 Å². The predicted octanol–water partition coefficient (Wildman–Crippen LogP) is 2.32. The molecule has 4 heteroatoms. The Balaban J connectivity index is 2.47. The minimum atomic E-state index is -0.134. The number of benzene rings is 1. The van der Waals surface area contributed by atoms with Gasteiger partial charge in [-0.05, 0) is 32.9 Å². The van der Waals surface area contributed by atoms with Crippen molar-refractivity contribution >= 4 is 0 Å². The highest BCUT2D eigenvalue weighted by molar-refractivity contribution is 5.25. The Labute approximate surface area is 83.5 Å². The first-order chi connectivity index (χ1) is 6.58. The number of hydrogen-bond acceptors (Lipinski definition) is 4. The van der Waals surface area contributed by atoms with Crippen molar-refractivity contribution in [3.8, 4) is 5.75 Å². The zero-order valence-corrected chi connectivity index (χ0v) is 8.60. The van der Waals surface area contributed by atoms with Crippen molar-refractivity contribution in [3.05, 3.63) is 29.8 Å². The summed E-state index contributed by atoms with van der Waals surface area (Å²) < 4.78 is 0. The number of rotatable bonds is 4. The lowest BCUT2D eigenvalue weighted by atomic mass is 10.2. The van der Waals surface area contributed by atoms with Crippen LogP contribution < -0.4 is 4.84 Å². The summed E-state index contributed by atoms with van der Waals surface area (Å²) in [5.74, 6) is 0.527. The van der Waals surface area contributed by atoms with Crippen LogP contribution in [0.15, 0.2) is 24.3 Å². The van der Waals surface area contributed by atoms with Gasteiger partial charge in [0.2, 0.25) is 0 Å². The Morgan fingerprint density at radius 1 is 1.21 bits per heavy atom. The molecule has 4 nitrogen and oxygen atoms in total. The molecule has 0 bridgehead atoms. The summed E-state index contributed by atoms with van der Waals surface area (Å²) in [6.07, 6.45) is -0.134. The van der Waals surface area contributed by atoms with Crippen LogP contribution in [-0.2, 0) is 4.84 Å². The Morgan fingerprint density at radius 2 is 1.79 bits per heavy atom. The monoisotopic (exact) mass is 197 g/mol. The second-order valence-corrected chi connectivity index (χ2v) is 3.30. The SMILES string of the molecule is Cc1ccc(ON(O)OC(C)C)cc1. The Hall–Kier alpha value is -1.10. The fourth-order valence-electron chi connectivity index (χ4n) is 0.891. The Bertz CT molecular complexity index is 271. The van der Waals surface area contributed by atoms with Crippen LogP contribution in [0.2, 0.25) is 0 Å². The fraction of sp³-hybridized carbons (Fsp3) is 0.400. The summed E-state index contributed by atoms with van der Waals surface area (Å²) in [5.41, 5.74) is 1.13. The van der Waals surface area contributed by atoms with Crippen LogP contribution in [0, 0.1) is 6.92 Å². The van der Waals surface area contributed by atoms with Crippen molar-refractivity contribution in [2.24, 2.45) is 0 Å². The van der Waals surface area contributed by atoms with E-state index in [1.165, 1.54) is 0 Å². The zero-order valence-electron chi connectivity index (χ0n) is 8.60. The molecule has 1 aromatic carbocycles. The van der Waals surface area contributed by atoms with Gasteiger partial charge in [0.05, 0.1) is 6.10 Å². The van der Waals surface area contributed by atoms with E-state index in [-0.39, 0.29) is 6.10 Å². The second-order valence-electron chi connectivity index (χ2n) is 3.30. The summed E-state index contributed by atoms with van der Waals surface area (Å²) in [4.78, 5) is 9.80. The molecule has 0 radical (unpaired) electrons. The van der Waals surface area contributed by atoms with Crippen molar-refractivity contribution in [2.45, 2.75) is 26.9 Å². The first-order valence-electron chi connectivity index (χ1n) is 4.48. The van der Waals surface area contributed by atoms with E-state index in [9.17, 15) is 0 Å². The van der Waals surface area contributed by atoms with E-state index in [1.807, 2.05) is 19.1 Å². The minimum absolute atomic E-state index is 0.134. The van der Waals surface area contributed by atoms with E-state index in [0.29, 0.717) is 11.1 Å². The van der Waals surface area contributed by atoms with Gasteiger partial charge in [0.1, 0.15) is 5.39 Å². The minimum Gasteiger partial charge on any atom is -0.357 e. The van der Waals surface area contributed by atoms with Crippen LogP contribution in [0.1, 0.15) is 19.4 Å². The average molecular weight is 197 g/mol. The molecule has 0 aliphatic heterocycles. The summed E-state index contributed by atoms with van der Waals surface area (Å²) >= 11 is 0. The van der Waals surface area contributed by atoms with Crippen molar-refractivity contribution in [1.29, 1.82) is 0 Å². The van der Waals surface area contributed by atoms with E-state index in [2.05, 4.69) is 0 Å². The van der Waals surface area contributed by atoms with Gasteiger partial charge in [-0.25, -0.2) is 4.84 Å². The Kier molecular flexibility index (Phi) is 3.88. The van der Waals surface area contributed by atoms with Gasteiger partial charge >= 0.3 is 0 Å². The van der Waals surface area contributed by atoms with Crippen LogP contribution in [-0.4, -0.2) is 16.7 Å². The molecule has 0 heterocycles. The standard InChI is InChI=1S/C10H15NO3/c1-8(2)13-11(12)14-10-6-4-9(3)5-7-10/h4-8,12H,1-3H3. The highest BCUT2D eigenvalue weighted by atomic mass is 17.1. The maximum Gasteiger partial charge on any atom is 0.153 e. The van der Waals surface area contributed by atoms with E-state index in [0.717, 1.165) is 5.56 Å². The summed E-state index contributed by atoms with van der Waals surface area (Å²) in [5, 5.41) is 9.50. The topological polar surface area (TPSA) is 41.9 Å². The molecule has 0 saturated heterocycles. The molecule has 0 atom stereocenters. The summed E-state index contributed by atoms with van der Waals surface area (Å²) in [6.45, 7) is 5.56. The molecule has 0 fully saturated rings. The third kappa shape index (κ3) is 3.74. The molecule has 1 N–H and O–H groups in total. The number of aryl methyl sites for hydroxylation is 1. The van der Waals surface area contributed by atoms with Gasteiger partial charge in [0.15, 0.2) is 5.75 Å². The lowest BCUT2D eigenvalue weighted by Gasteiger charge is -2.16. The molecular formula is C10H15NO3. The van der Waals surface area contributed by atoms with Crippen molar-refractivity contribution in [1.82, 2.24) is 5.39 Å². The Morgan fingerprint density at radius 3 is 2.29 bits per heavy atom. The van der Waals surface area contributed by atoms with Gasteiger partial charge < -0.3 is 4.84 Å². The third-order valence-electron chi connectivity index (χ3n) is 1.51. The van der Waals surface area contributed by atoms with Gasteiger partial charge in [0.25, 0.3) is 0 Å². The molecule has 1 aromatic rings. The molecule has 0 amide bonds. The average Bonchev–Trinajstić information content (AvgIpc) is 2.07. The predicted molar refractivity (Wildman–Crippen MR) is 51.7 cm³/mol. The lowest BCUT2D eigenvalue weighted by molar-refractivity contribution is -0.482. The molecule has 1 rings (SSSR count). The van der Waals surface area contributed by atoms with Gasteiger partial charge in [-0.3, -0.25) is 5.21 Å². The molecule has 78 valence electrons. The molecule has 0 saturated carbocycles. The van der Waals surface area contributed by atoms with Crippen LogP contribution >= 0.6 is 0 Å². The lowest BCUT2D eigenvalue weighted by Crippen LogP contribution is -2.27. The van der Waals surface area contributed by atoms with Crippen LogP contribution in [0.4, 0.5) is 0 Å². The molecular weight excluding hydrogens is 182 g/mol. The third-order valence-corrected chi connectivity index (χ3v) is 1.51. The maximum atomic E-state index is 9.13. The molecule has 0 unspecified atom stereocenters. The molecule has 0 aliphatic rings. The smallest absolute Gasteiger partial charge is 0.153 e. The number of hydrogen-bond donors (Lipinski definition) is 1. The summed E-state index contributed by atoms with van der Waals surface area (Å²) in [7, 11) is 0. The largest absolute Gasteiger partial charge is 0.357 e. The van der Waals surface area contributed by atoms with Crippen LogP contribution in [0.5, 0.6) is 5.75 Å². The fourth-order valence-corrected chi connectivity index (χ4v) is 0.891. The highest BCUT2D eigenvalue weighted by Crippen LogP contribution is 2.12. The maximum absolute atomic E-state index is 9.13. The number of nitrogens with zero attached hydrogens (tertiary/aromatic N) is 1. The van der Waals surface area contributed by atoms with E-state index in [4.69, 9.17) is 14.9 Å². The molecule has 0 spiro atoms. The quantitative estimate of drug-likeness (QED) is 0.752. The van der Waals surface area contributed by atoms with Gasteiger partial charge in [0, 0.05) is 0 Å². The summed E-state index contributed by atoms with van der Waals surface area (Å²) in [6, 6.07) is 7.28. The zero-order chi connectivity index (χ0) is 10.6. The molecule has 14 heavy (non-hydrogen) atoms. The van der Waals surface area contributed by atoms with Crippen molar-refractivity contribution in [2.75, 3.05) is 0 Å². The van der Waals surface area contributed by atoms with Gasteiger partial charge in [-0.15, -0.1) is 0 Å². The van der Waals surface area contributed by atoms with Crippen LogP contribution in [0.25, 0.3) is 0 Å². The first kappa shape index (κ1) is 11.0. The van der Waals surface area contributed by atoms with E-state index in [1.54, 1.807) is 26.0 Å².